The Kier molecular flexibility index (Phi) is 3.28. The molecule has 7 heteroatoms. The molecule has 1 saturated heterocycles. The third-order valence-corrected chi connectivity index (χ3v) is 4.48. The average molecular weight is 314 g/mol. The summed E-state index contributed by atoms with van der Waals surface area (Å²) < 4.78 is 5.31. The lowest BCUT2D eigenvalue weighted by molar-refractivity contribution is 0.0726. The normalized spacial score (nSPS) is 20.9. The van der Waals surface area contributed by atoms with E-state index in [0.717, 1.165) is 31.4 Å². The highest BCUT2D eigenvalue weighted by Gasteiger charge is 2.36. The monoisotopic (exact) mass is 314 g/mol. The second-order valence-electron chi connectivity index (χ2n) is 6.31. The molecule has 3 heterocycles. The van der Waals surface area contributed by atoms with Crippen LogP contribution in [0.25, 0.3) is 0 Å². The predicted octanol–water partition coefficient (Wildman–Crippen LogP) is 1.92. The molecular formula is C16H18N4O3. The highest BCUT2D eigenvalue weighted by Crippen LogP contribution is 2.40. The number of nitrogens with one attached hydrogen (secondary N) is 1. The SMILES string of the molecule is Cc1ccc(C(=O)N2CCC[C@H]2c2noc(C3CC3)n2)c(=O)[nH]1. The van der Waals surface area contributed by atoms with Gasteiger partial charge >= 0.3 is 0 Å². The number of pyridine rings is 1. The molecule has 0 radical (unpaired) electrons. The van der Waals surface area contributed by atoms with E-state index < -0.39 is 0 Å². The largest absolute Gasteiger partial charge is 0.339 e. The van der Waals surface area contributed by atoms with E-state index in [1.807, 2.05) is 0 Å². The van der Waals surface area contributed by atoms with Gasteiger partial charge in [-0.3, -0.25) is 9.59 Å². The van der Waals surface area contributed by atoms with Gasteiger partial charge in [0.25, 0.3) is 11.5 Å². The van der Waals surface area contributed by atoms with Gasteiger partial charge < -0.3 is 14.4 Å². The highest BCUT2D eigenvalue weighted by molar-refractivity contribution is 5.94. The zero-order chi connectivity index (χ0) is 16.0. The maximum absolute atomic E-state index is 12.7. The number of H-pyrrole nitrogens is 1. The Morgan fingerprint density at radius 1 is 1.35 bits per heavy atom. The van der Waals surface area contributed by atoms with Crippen molar-refractivity contribution in [1.82, 2.24) is 20.0 Å². The molecule has 2 aromatic heterocycles. The van der Waals surface area contributed by atoms with E-state index >= 15 is 0 Å². The molecule has 1 atom stereocenters. The van der Waals surface area contributed by atoms with Crippen LogP contribution in [0.5, 0.6) is 0 Å². The number of amides is 1. The Balaban J connectivity index is 1.61. The van der Waals surface area contributed by atoms with Crippen molar-refractivity contribution < 1.29 is 9.32 Å². The van der Waals surface area contributed by atoms with Gasteiger partial charge in [0.05, 0.1) is 6.04 Å². The number of hydrogen-bond donors (Lipinski definition) is 1. The van der Waals surface area contributed by atoms with Gasteiger partial charge in [-0.05, 0) is 44.7 Å². The summed E-state index contributed by atoms with van der Waals surface area (Å²) in [6.07, 6.45) is 3.84. The number of rotatable bonds is 3. The first-order valence-electron chi connectivity index (χ1n) is 7.98. The zero-order valence-corrected chi connectivity index (χ0v) is 12.9. The predicted molar refractivity (Wildman–Crippen MR) is 81.1 cm³/mol. The summed E-state index contributed by atoms with van der Waals surface area (Å²) in [5.41, 5.74) is 0.539. The number of carbonyl (C=O) groups is 1. The molecule has 0 bridgehead atoms. The van der Waals surface area contributed by atoms with Crippen molar-refractivity contribution in [3.63, 3.8) is 0 Å². The van der Waals surface area contributed by atoms with Crippen LogP contribution in [0.2, 0.25) is 0 Å². The van der Waals surface area contributed by atoms with Gasteiger partial charge in [-0.2, -0.15) is 4.98 Å². The number of aromatic nitrogens is 3. The number of likely N-dealkylation sites (tertiary alicyclic amines) is 1. The fourth-order valence-electron chi connectivity index (χ4n) is 3.05. The van der Waals surface area contributed by atoms with E-state index in [1.54, 1.807) is 24.0 Å². The molecule has 0 unspecified atom stereocenters. The molecule has 4 rings (SSSR count). The first-order valence-corrected chi connectivity index (χ1v) is 7.98. The van der Waals surface area contributed by atoms with E-state index in [-0.39, 0.29) is 23.1 Å². The lowest BCUT2D eigenvalue weighted by Crippen LogP contribution is -2.34. The molecule has 1 amide bonds. The van der Waals surface area contributed by atoms with E-state index in [2.05, 4.69) is 15.1 Å². The quantitative estimate of drug-likeness (QED) is 0.934. The van der Waals surface area contributed by atoms with E-state index in [0.29, 0.717) is 24.2 Å². The van der Waals surface area contributed by atoms with E-state index in [9.17, 15) is 9.59 Å². The molecule has 120 valence electrons. The van der Waals surface area contributed by atoms with Gasteiger partial charge in [0, 0.05) is 18.2 Å². The Morgan fingerprint density at radius 3 is 2.91 bits per heavy atom. The molecule has 23 heavy (non-hydrogen) atoms. The van der Waals surface area contributed by atoms with Gasteiger partial charge in [0.1, 0.15) is 5.56 Å². The molecular weight excluding hydrogens is 296 g/mol. The van der Waals surface area contributed by atoms with Crippen molar-refractivity contribution in [2.45, 2.75) is 44.6 Å². The first-order chi connectivity index (χ1) is 11.1. The molecule has 7 nitrogen and oxygen atoms in total. The summed E-state index contributed by atoms with van der Waals surface area (Å²) in [4.78, 5) is 33.6. The summed E-state index contributed by atoms with van der Waals surface area (Å²) in [6.45, 7) is 2.39. The molecule has 1 aliphatic carbocycles. The standard InChI is InChI=1S/C16H18N4O3/c1-9-4-7-11(14(21)17-9)16(22)20-8-2-3-12(20)13-18-15(23-19-13)10-5-6-10/h4,7,10,12H,2-3,5-6,8H2,1H3,(H,17,21)/t12-/m0/s1. The molecule has 1 aliphatic heterocycles. The molecule has 0 aromatic carbocycles. The van der Waals surface area contributed by atoms with Crippen LogP contribution in [0.15, 0.2) is 21.5 Å². The lowest BCUT2D eigenvalue weighted by Gasteiger charge is -2.21. The van der Waals surface area contributed by atoms with Crippen molar-refractivity contribution in [3.8, 4) is 0 Å². The number of nitrogens with zero attached hydrogens (tertiary/aromatic N) is 3. The van der Waals surface area contributed by atoms with E-state index in [4.69, 9.17) is 4.52 Å². The zero-order valence-electron chi connectivity index (χ0n) is 12.9. The van der Waals surface area contributed by atoms with Crippen molar-refractivity contribution in [2.24, 2.45) is 0 Å². The van der Waals surface area contributed by atoms with Crippen molar-refractivity contribution in [1.29, 1.82) is 0 Å². The Morgan fingerprint density at radius 2 is 2.17 bits per heavy atom. The maximum atomic E-state index is 12.7. The Bertz CT molecular complexity index is 806. The van der Waals surface area contributed by atoms with Crippen LogP contribution in [0.4, 0.5) is 0 Å². The van der Waals surface area contributed by atoms with Crippen LogP contribution >= 0.6 is 0 Å². The van der Waals surface area contributed by atoms with Gasteiger partial charge in [-0.1, -0.05) is 5.16 Å². The molecule has 2 aliphatic rings. The van der Waals surface area contributed by atoms with Crippen LogP contribution in [0, 0.1) is 6.92 Å². The molecule has 2 fully saturated rings. The number of aromatic amines is 1. The molecule has 1 saturated carbocycles. The summed E-state index contributed by atoms with van der Waals surface area (Å²) in [7, 11) is 0. The van der Waals surface area contributed by atoms with Gasteiger partial charge in [-0.15, -0.1) is 0 Å². The second kappa shape index (κ2) is 5.33. The minimum absolute atomic E-state index is 0.161. The number of aryl methyl sites for hydroxylation is 1. The minimum Gasteiger partial charge on any atom is -0.339 e. The fourth-order valence-corrected chi connectivity index (χ4v) is 3.05. The minimum atomic E-state index is -0.354. The van der Waals surface area contributed by atoms with Gasteiger partial charge in [-0.25, -0.2) is 0 Å². The van der Waals surface area contributed by atoms with Gasteiger partial charge in [0.15, 0.2) is 5.82 Å². The van der Waals surface area contributed by atoms with E-state index in [1.165, 1.54) is 0 Å². The summed E-state index contributed by atoms with van der Waals surface area (Å²) in [5, 5.41) is 4.06. The smallest absolute Gasteiger partial charge is 0.260 e. The molecule has 2 aromatic rings. The van der Waals surface area contributed by atoms with Crippen LogP contribution < -0.4 is 5.56 Å². The second-order valence-corrected chi connectivity index (χ2v) is 6.31. The fraction of sp³-hybridized carbons (Fsp3) is 0.500. The summed E-state index contributed by atoms with van der Waals surface area (Å²) in [5.74, 6) is 1.35. The third-order valence-electron chi connectivity index (χ3n) is 4.48. The van der Waals surface area contributed by atoms with Crippen LogP contribution in [0.1, 0.15) is 65.4 Å². The third kappa shape index (κ3) is 2.56. The van der Waals surface area contributed by atoms with Gasteiger partial charge in [0.2, 0.25) is 5.89 Å². The highest BCUT2D eigenvalue weighted by atomic mass is 16.5. The summed E-state index contributed by atoms with van der Waals surface area (Å²) >= 11 is 0. The van der Waals surface area contributed by atoms with Crippen LogP contribution in [0.3, 0.4) is 0 Å². The topological polar surface area (TPSA) is 92.1 Å². The van der Waals surface area contributed by atoms with Crippen LogP contribution in [-0.2, 0) is 0 Å². The Labute approximate surface area is 132 Å². The molecule has 0 spiro atoms. The number of hydrogen-bond acceptors (Lipinski definition) is 5. The lowest BCUT2D eigenvalue weighted by atomic mass is 10.2. The average Bonchev–Trinajstić information content (AvgIpc) is 3.07. The summed E-state index contributed by atoms with van der Waals surface area (Å²) in [6, 6.07) is 3.11. The first kappa shape index (κ1) is 14.2. The van der Waals surface area contributed by atoms with Crippen molar-refractivity contribution >= 4 is 5.91 Å². The van der Waals surface area contributed by atoms with Crippen LogP contribution in [-0.4, -0.2) is 32.5 Å². The Hall–Kier alpha value is -2.44. The van der Waals surface area contributed by atoms with Crippen molar-refractivity contribution in [3.05, 3.63) is 45.5 Å². The van der Waals surface area contributed by atoms with Crippen molar-refractivity contribution in [2.75, 3.05) is 6.54 Å². The maximum Gasteiger partial charge on any atom is 0.260 e. The number of carbonyl (C=O) groups excluding carboxylic acids is 1. The molecule has 1 N–H and O–H groups in total.